The second kappa shape index (κ2) is 6.67. The number of fused-ring (bicyclic) bond motifs is 2. The Morgan fingerprint density at radius 1 is 1.00 bits per heavy atom. The highest BCUT2D eigenvalue weighted by Crippen LogP contribution is 2.39. The normalized spacial score (nSPS) is 15.7. The molecule has 1 aliphatic heterocycles. The third-order valence-electron chi connectivity index (χ3n) is 5.13. The van der Waals surface area contributed by atoms with E-state index in [1.165, 1.54) is 12.1 Å². The number of rotatable bonds is 3. The summed E-state index contributed by atoms with van der Waals surface area (Å²) in [5.41, 5.74) is 1.86. The van der Waals surface area contributed by atoms with Crippen LogP contribution in [0.25, 0.3) is 11.0 Å². The summed E-state index contributed by atoms with van der Waals surface area (Å²) in [7, 11) is 0. The van der Waals surface area contributed by atoms with E-state index in [0.29, 0.717) is 16.5 Å². The van der Waals surface area contributed by atoms with Crippen molar-refractivity contribution in [3.8, 4) is 0 Å². The van der Waals surface area contributed by atoms with Crippen molar-refractivity contribution in [2.75, 3.05) is 0 Å². The van der Waals surface area contributed by atoms with Crippen LogP contribution in [0.2, 0.25) is 0 Å². The third kappa shape index (κ3) is 2.81. The first-order chi connectivity index (χ1) is 14.1. The number of carbonyl (C=O) groups is 1. The Morgan fingerprint density at radius 2 is 1.79 bits per heavy atom. The van der Waals surface area contributed by atoms with Gasteiger partial charge in [-0.1, -0.05) is 30.3 Å². The Hall–Kier alpha value is -3.80. The van der Waals surface area contributed by atoms with E-state index in [-0.39, 0.29) is 35.0 Å². The van der Waals surface area contributed by atoms with Gasteiger partial charge in [-0.15, -0.1) is 0 Å². The Morgan fingerprint density at radius 3 is 2.55 bits per heavy atom. The van der Waals surface area contributed by atoms with Crippen molar-refractivity contribution >= 4 is 16.9 Å². The van der Waals surface area contributed by atoms with Gasteiger partial charge in [-0.3, -0.25) is 14.6 Å². The third-order valence-corrected chi connectivity index (χ3v) is 5.13. The first-order valence-corrected chi connectivity index (χ1v) is 9.14. The average Bonchev–Trinajstić information content (AvgIpc) is 3.02. The van der Waals surface area contributed by atoms with Gasteiger partial charge in [0.25, 0.3) is 5.91 Å². The highest BCUT2D eigenvalue weighted by molar-refractivity contribution is 5.99. The van der Waals surface area contributed by atoms with Gasteiger partial charge >= 0.3 is 0 Å². The van der Waals surface area contributed by atoms with Gasteiger partial charge in [0, 0.05) is 18.9 Å². The van der Waals surface area contributed by atoms with E-state index in [9.17, 15) is 14.0 Å². The van der Waals surface area contributed by atoms with Crippen molar-refractivity contribution in [2.45, 2.75) is 12.6 Å². The van der Waals surface area contributed by atoms with Crippen LogP contribution in [0.1, 0.15) is 33.3 Å². The highest BCUT2D eigenvalue weighted by atomic mass is 19.1. The maximum Gasteiger partial charge on any atom is 0.291 e. The molecule has 0 bridgehead atoms. The summed E-state index contributed by atoms with van der Waals surface area (Å²) in [5, 5.41) is 0.411. The summed E-state index contributed by atoms with van der Waals surface area (Å²) in [4.78, 5) is 32.2. The molecule has 1 atom stereocenters. The number of aromatic nitrogens is 1. The van der Waals surface area contributed by atoms with Crippen molar-refractivity contribution in [2.24, 2.45) is 0 Å². The molecule has 0 fully saturated rings. The Balaban J connectivity index is 1.73. The summed E-state index contributed by atoms with van der Waals surface area (Å²) >= 11 is 0. The molecule has 6 heteroatoms. The van der Waals surface area contributed by atoms with E-state index in [4.69, 9.17) is 4.42 Å². The Labute approximate surface area is 165 Å². The van der Waals surface area contributed by atoms with Crippen molar-refractivity contribution < 1.29 is 13.6 Å². The number of hydrogen-bond acceptors (Lipinski definition) is 4. The number of nitrogens with zero attached hydrogens (tertiary/aromatic N) is 2. The van der Waals surface area contributed by atoms with Gasteiger partial charge in [0.1, 0.15) is 11.4 Å². The standard InChI is InChI=1S/C23H15FN2O3/c24-16-9-7-15(8-10-16)20-19-21(27)17-5-1-2-6-18(17)29-22(19)23(28)26(20)13-14-4-3-11-25-12-14/h1-12,20H,13H2. The molecule has 3 heterocycles. The van der Waals surface area contributed by atoms with Crippen LogP contribution in [0.3, 0.4) is 0 Å². The van der Waals surface area contributed by atoms with Crippen LogP contribution in [-0.4, -0.2) is 15.8 Å². The molecule has 5 nitrogen and oxygen atoms in total. The largest absolute Gasteiger partial charge is 0.450 e. The number of benzene rings is 2. The highest BCUT2D eigenvalue weighted by Gasteiger charge is 2.42. The molecule has 1 aliphatic rings. The summed E-state index contributed by atoms with van der Waals surface area (Å²) in [6, 6.07) is 15.7. The topological polar surface area (TPSA) is 63.4 Å². The Bertz CT molecular complexity index is 1280. The van der Waals surface area contributed by atoms with E-state index < -0.39 is 6.04 Å². The number of carbonyl (C=O) groups excluding carboxylic acids is 1. The molecule has 0 spiro atoms. The van der Waals surface area contributed by atoms with Gasteiger partial charge in [-0.25, -0.2) is 4.39 Å². The summed E-state index contributed by atoms with van der Waals surface area (Å²) in [6.07, 6.45) is 3.32. The van der Waals surface area contributed by atoms with Gasteiger partial charge in [0.2, 0.25) is 5.76 Å². The maximum absolute atomic E-state index is 13.5. The van der Waals surface area contributed by atoms with Gasteiger partial charge in [0.15, 0.2) is 5.43 Å². The zero-order chi connectivity index (χ0) is 20.0. The van der Waals surface area contributed by atoms with Crippen LogP contribution < -0.4 is 5.43 Å². The lowest BCUT2D eigenvalue weighted by Gasteiger charge is -2.25. The second-order valence-electron chi connectivity index (χ2n) is 6.92. The van der Waals surface area contributed by atoms with Crippen LogP contribution in [0.5, 0.6) is 0 Å². The molecule has 0 saturated heterocycles. The average molecular weight is 386 g/mol. The minimum absolute atomic E-state index is 0.0342. The predicted molar refractivity (Wildman–Crippen MR) is 105 cm³/mol. The molecule has 2 aromatic carbocycles. The monoisotopic (exact) mass is 386 g/mol. The zero-order valence-corrected chi connectivity index (χ0v) is 15.2. The predicted octanol–water partition coefficient (Wildman–Crippen LogP) is 4.07. The minimum atomic E-state index is -0.667. The van der Waals surface area contributed by atoms with Crippen LogP contribution in [-0.2, 0) is 6.54 Å². The van der Waals surface area contributed by atoms with E-state index in [1.54, 1.807) is 59.8 Å². The number of hydrogen-bond donors (Lipinski definition) is 0. The van der Waals surface area contributed by atoms with E-state index >= 15 is 0 Å². The molecule has 142 valence electrons. The van der Waals surface area contributed by atoms with Crippen LogP contribution >= 0.6 is 0 Å². The minimum Gasteiger partial charge on any atom is -0.450 e. The second-order valence-corrected chi connectivity index (χ2v) is 6.92. The number of para-hydroxylation sites is 1. The molecule has 0 radical (unpaired) electrons. The van der Waals surface area contributed by atoms with E-state index in [2.05, 4.69) is 4.98 Å². The molecule has 1 amide bonds. The van der Waals surface area contributed by atoms with E-state index in [0.717, 1.165) is 5.56 Å². The molecule has 2 aromatic heterocycles. The molecule has 1 unspecified atom stereocenters. The lowest BCUT2D eigenvalue weighted by atomic mass is 9.98. The van der Waals surface area contributed by atoms with Gasteiger partial charge in [0.05, 0.1) is 17.0 Å². The van der Waals surface area contributed by atoms with Crippen LogP contribution in [0.15, 0.2) is 82.3 Å². The molecular weight excluding hydrogens is 371 g/mol. The summed E-state index contributed by atoms with van der Waals surface area (Å²) in [6.45, 7) is 0.245. The summed E-state index contributed by atoms with van der Waals surface area (Å²) in [5.74, 6) is -0.726. The molecule has 5 rings (SSSR count). The van der Waals surface area contributed by atoms with Crippen molar-refractivity contribution in [3.63, 3.8) is 0 Å². The number of amides is 1. The smallest absolute Gasteiger partial charge is 0.291 e. The van der Waals surface area contributed by atoms with Crippen molar-refractivity contribution in [1.82, 2.24) is 9.88 Å². The lowest BCUT2D eigenvalue weighted by Crippen LogP contribution is -2.29. The molecule has 0 saturated carbocycles. The first-order valence-electron chi connectivity index (χ1n) is 9.14. The molecule has 4 aromatic rings. The van der Waals surface area contributed by atoms with Gasteiger partial charge in [-0.05, 0) is 41.5 Å². The zero-order valence-electron chi connectivity index (χ0n) is 15.2. The fourth-order valence-electron chi connectivity index (χ4n) is 3.81. The van der Waals surface area contributed by atoms with Crippen molar-refractivity contribution in [1.29, 1.82) is 0 Å². The fraction of sp³-hybridized carbons (Fsp3) is 0.0870. The molecular formula is C23H15FN2O3. The summed E-state index contributed by atoms with van der Waals surface area (Å²) < 4.78 is 19.4. The van der Waals surface area contributed by atoms with Crippen LogP contribution in [0.4, 0.5) is 4.39 Å². The molecule has 0 N–H and O–H groups in total. The van der Waals surface area contributed by atoms with Crippen LogP contribution in [0, 0.1) is 5.82 Å². The molecule has 29 heavy (non-hydrogen) atoms. The van der Waals surface area contributed by atoms with E-state index in [1.807, 2.05) is 6.07 Å². The van der Waals surface area contributed by atoms with Gasteiger partial charge < -0.3 is 9.32 Å². The lowest BCUT2D eigenvalue weighted by molar-refractivity contribution is 0.0714. The van der Waals surface area contributed by atoms with Crippen molar-refractivity contribution in [3.05, 3.63) is 112 Å². The fourth-order valence-corrected chi connectivity index (χ4v) is 3.81. The SMILES string of the molecule is O=C1c2oc3ccccc3c(=O)c2C(c2ccc(F)cc2)N1Cc1cccnc1. The Kier molecular flexibility index (Phi) is 3.98. The molecule has 0 aliphatic carbocycles. The van der Waals surface area contributed by atoms with Gasteiger partial charge in [-0.2, -0.15) is 0 Å². The maximum atomic E-state index is 13.5. The first kappa shape index (κ1) is 17.3. The quantitative estimate of drug-likeness (QED) is 0.532. The number of halogens is 1. The number of pyridine rings is 1.